The molecule has 2 amide bonds. The molecular weight excluding hydrogens is 298 g/mol. The zero-order valence-corrected chi connectivity index (χ0v) is 12.1. The van der Waals surface area contributed by atoms with Crippen molar-refractivity contribution in [1.29, 1.82) is 0 Å². The molecule has 3 rings (SSSR count). The number of para-hydroxylation sites is 1. The molecule has 2 heterocycles. The summed E-state index contributed by atoms with van der Waals surface area (Å²) >= 11 is 7.43. The van der Waals surface area contributed by atoms with Gasteiger partial charge in [-0.15, -0.1) is 0 Å². The second-order valence-corrected chi connectivity index (χ2v) is 5.99. The second kappa shape index (κ2) is 5.38. The van der Waals surface area contributed by atoms with Gasteiger partial charge in [-0.1, -0.05) is 29.0 Å². The number of imide groups is 1. The molecular formula is C13H12ClN3O2S. The highest BCUT2D eigenvalue weighted by molar-refractivity contribution is 7.22. The van der Waals surface area contributed by atoms with Gasteiger partial charge in [0.25, 0.3) is 0 Å². The smallest absolute Gasteiger partial charge is 0.248 e. The predicted molar refractivity (Wildman–Crippen MR) is 78.6 cm³/mol. The van der Waals surface area contributed by atoms with E-state index in [9.17, 15) is 9.59 Å². The quantitative estimate of drug-likeness (QED) is 0.865. The maximum absolute atomic E-state index is 11.9. The van der Waals surface area contributed by atoms with Crippen molar-refractivity contribution in [2.45, 2.75) is 25.7 Å². The molecule has 1 N–H and O–H groups in total. The number of carbonyl (C=O) groups is 2. The van der Waals surface area contributed by atoms with Crippen LogP contribution in [0.1, 0.15) is 25.7 Å². The van der Waals surface area contributed by atoms with Gasteiger partial charge in [-0.25, -0.2) is 4.98 Å². The second-order valence-electron chi connectivity index (χ2n) is 4.55. The fourth-order valence-corrected chi connectivity index (χ4v) is 3.25. The molecule has 5 nitrogen and oxygen atoms in total. The molecule has 1 fully saturated rings. The van der Waals surface area contributed by atoms with Gasteiger partial charge in [0.1, 0.15) is 5.52 Å². The maximum atomic E-state index is 11.9. The Balaban J connectivity index is 1.89. The average molecular weight is 310 g/mol. The van der Waals surface area contributed by atoms with Gasteiger partial charge in [0.2, 0.25) is 16.9 Å². The van der Waals surface area contributed by atoms with E-state index < -0.39 is 0 Å². The zero-order chi connectivity index (χ0) is 14.1. The van der Waals surface area contributed by atoms with E-state index in [1.807, 2.05) is 12.1 Å². The number of aromatic nitrogens is 1. The molecule has 0 atom stereocenters. The first-order valence-corrected chi connectivity index (χ1v) is 7.52. The van der Waals surface area contributed by atoms with Crippen LogP contribution in [0.2, 0.25) is 5.02 Å². The molecule has 0 bridgehead atoms. The summed E-state index contributed by atoms with van der Waals surface area (Å²) in [6.45, 7) is 0. The largest absolute Gasteiger partial charge is 0.273 e. The highest BCUT2D eigenvalue weighted by atomic mass is 35.5. The molecule has 104 valence electrons. The molecule has 0 saturated carbocycles. The van der Waals surface area contributed by atoms with Gasteiger partial charge in [0.05, 0.1) is 9.72 Å². The van der Waals surface area contributed by atoms with Crippen LogP contribution in [0.25, 0.3) is 10.2 Å². The van der Waals surface area contributed by atoms with Gasteiger partial charge in [0, 0.05) is 12.8 Å². The van der Waals surface area contributed by atoms with Crippen LogP contribution < -0.4 is 5.43 Å². The van der Waals surface area contributed by atoms with Crippen molar-refractivity contribution >= 4 is 50.1 Å². The Morgan fingerprint density at radius 3 is 2.55 bits per heavy atom. The molecule has 2 aromatic rings. The normalized spacial score (nSPS) is 16.6. The van der Waals surface area contributed by atoms with Gasteiger partial charge < -0.3 is 0 Å². The highest BCUT2D eigenvalue weighted by Gasteiger charge is 2.25. The fourth-order valence-electron chi connectivity index (χ4n) is 2.10. The van der Waals surface area contributed by atoms with Crippen molar-refractivity contribution in [1.82, 2.24) is 9.99 Å². The van der Waals surface area contributed by atoms with E-state index in [2.05, 4.69) is 10.4 Å². The van der Waals surface area contributed by atoms with Crippen molar-refractivity contribution in [2.24, 2.45) is 0 Å². The number of hydrogen-bond acceptors (Lipinski definition) is 5. The van der Waals surface area contributed by atoms with Crippen LogP contribution in [-0.4, -0.2) is 21.8 Å². The maximum Gasteiger partial charge on any atom is 0.248 e. The van der Waals surface area contributed by atoms with Gasteiger partial charge in [-0.2, -0.15) is 5.01 Å². The minimum atomic E-state index is -0.210. The number of amides is 2. The number of nitrogens with one attached hydrogen (secondary N) is 1. The molecule has 0 radical (unpaired) electrons. The van der Waals surface area contributed by atoms with Crippen LogP contribution >= 0.6 is 22.9 Å². The molecule has 1 aromatic carbocycles. The number of anilines is 1. The van der Waals surface area contributed by atoms with E-state index in [4.69, 9.17) is 11.6 Å². The summed E-state index contributed by atoms with van der Waals surface area (Å²) in [4.78, 5) is 28.1. The molecule has 0 spiro atoms. The predicted octanol–water partition coefficient (Wildman–Crippen LogP) is 3.21. The van der Waals surface area contributed by atoms with E-state index >= 15 is 0 Å². The van der Waals surface area contributed by atoms with Crippen LogP contribution in [-0.2, 0) is 9.59 Å². The number of carbonyl (C=O) groups excluding carboxylic acids is 2. The number of thiazole rings is 1. The number of nitrogens with zero attached hydrogens (tertiary/aromatic N) is 2. The summed E-state index contributed by atoms with van der Waals surface area (Å²) in [5.41, 5.74) is 3.50. The van der Waals surface area contributed by atoms with Gasteiger partial charge >= 0.3 is 0 Å². The summed E-state index contributed by atoms with van der Waals surface area (Å²) in [6.07, 6.45) is 2.25. The van der Waals surface area contributed by atoms with Crippen molar-refractivity contribution in [3.8, 4) is 0 Å². The van der Waals surface area contributed by atoms with Crippen LogP contribution in [0.5, 0.6) is 0 Å². The van der Waals surface area contributed by atoms with E-state index in [1.54, 1.807) is 6.07 Å². The first-order valence-electron chi connectivity index (χ1n) is 6.32. The van der Waals surface area contributed by atoms with E-state index in [0.29, 0.717) is 28.5 Å². The van der Waals surface area contributed by atoms with Gasteiger partial charge in [-0.05, 0) is 25.0 Å². The third-order valence-corrected chi connectivity index (χ3v) is 4.34. The summed E-state index contributed by atoms with van der Waals surface area (Å²) < 4.78 is 0.912. The number of hydrogen-bond donors (Lipinski definition) is 1. The molecule has 0 aliphatic carbocycles. The Morgan fingerprint density at radius 1 is 1.20 bits per heavy atom. The monoisotopic (exact) mass is 309 g/mol. The number of rotatable bonds is 2. The highest BCUT2D eigenvalue weighted by Crippen LogP contribution is 2.31. The number of halogens is 1. The van der Waals surface area contributed by atoms with Crippen molar-refractivity contribution in [3.63, 3.8) is 0 Å². The Labute approximate surface area is 124 Å². The number of fused-ring (bicyclic) bond motifs is 1. The Bertz CT molecular complexity index is 667. The lowest BCUT2D eigenvalue weighted by molar-refractivity contribution is -0.142. The third kappa shape index (κ3) is 2.48. The van der Waals surface area contributed by atoms with Crippen LogP contribution in [0.4, 0.5) is 5.13 Å². The first-order chi connectivity index (χ1) is 9.65. The lowest BCUT2D eigenvalue weighted by atomic mass is 10.2. The number of hydrazine groups is 1. The number of benzene rings is 1. The van der Waals surface area contributed by atoms with Crippen LogP contribution in [0, 0.1) is 0 Å². The minimum Gasteiger partial charge on any atom is -0.273 e. The molecule has 1 aliphatic heterocycles. The lowest BCUT2D eigenvalue weighted by Crippen LogP contribution is -2.39. The lowest BCUT2D eigenvalue weighted by Gasteiger charge is -2.18. The van der Waals surface area contributed by atoms with E-state index in [-0.39, 0.29) is 11.8 Å². The van der Waals surface area contributed by atoms with E-state index in [0.717, 1.165) is 22.6 Å². The summed E-state index contributed by atoms with van der Waals surface area (Å²) in [5.74, 6) is -0.421. The van der Waals surface area contributed by atoms with E-state index in [1.165, 1.54) is 11.3 Å². The van der Waals surface area contributed by atoms with Gasteiger partial charge in [0.15, 0.2) is 0 Å². The first kappa shape index (κ1) is 13.3. The molecule has 1 aliphatic rings. The molecule has 7 heteroatoms. The summed E-state index contributed by atoms with van der Waals surface area (Å²) in [5, 5.41) is 2.13. The van der Waals surface area contributed by atoms with Crippen molar-refractivity contribution < 1.29 is 9.59 Å². The SMILES string of the molecule is O=C1CCCCC(=O)N1Nc1nc2c(Cl)cccc2s1. The molecule has 0 unspecified atom stereocenters. The van der Waals surface area contributed by atoms with Crippen molar-refractivity contribution in [2.75, 3.05) is 5.43 Å². The Hall–Kier alpha value is -1.66. The molecule has 20 heavy (non-hydrogen) atoms. The van der Waals surface area contributed by atoms with Gasteiger partial charge in [-0.3, -0.25) is 15.0 Å². The molecule has 1 aromatic heterocycles. The summed E-state index contributed by atoms with van der Waals surface area (Å²) in [7, 11) is 0. The minimum absolute atomic E-state index is 0.210. The topological polar surface area (TPSA) is 62.3 Å². The standard InChI is InChI=1S/C13H12ClN3O2S/c14-8-4-3-5-9-12(8)15-13(20-9)16-17-10(18)6-1-2-7-11(17)19/h3-5H,1-2,6-7H2,(H,15,16). The van der Waals surface area contributed by atoms with Crippen LogP contribution in [0.3, 0.4) is 0 Å². The van der Waals surface area contributed by atoms with Crippen molar-refractivity contribution in [3.05, 3.63) is 23.2 Å². The zero-order valence-electron chi connectivity index (χ0n) is 10.6. The summed E-state index contributed by atoms with van der Waals surface area (Å²) in [6, 6.07) is 5.50. The third-order valence-electron chi connectivity index (χ3n) is 3.11. The molecule has 1 saturated heterocycles. The Kier molecular flexibility index (Phi) is 3.58. The van der Waals surface area contributed by atoms with Crippen LogP contribution in [0.15, 0.2) is 18.2 Å². The Morgan fingerprint density at radius 2 is 1.90 bits per heavy atom. The average Bonchev–Trinajstić information content (AvgIpc) is 2.78. The fraction of sp³-hybridized carbons (Fsp3) is 0.308.